The minimum atomic E-state index is -0.130. The molecule has 0 spiro atoms. The van der Waals surface area contributed by atoms with Crippen molar-refractivity contribution in [1.82, 2.24) is 9.97 Å². The van der Waals surface area contributed by atoms with Crippen molar-refractivity contribution in [3.05, 3.63) is 21.7 Å². The quantitative estimate of drug-likeness (QED) is 0.734. The molecule has 0 unspecified atom stereocenters. The zero-order valence-corrected chi connectivity index (χ0v) is 10.0. The molecule has 16 heavy (non-hydrogen) atoms. The Morgan fingerprint density at radius 1 is 1.50 bits per heavy atom. The maximum absolute atomic E-state index is 11.7. The number of ether oxygens (including phenoxy) is 1. The van der Waals surface area contributed by atoms with Gasteiger partial charge in [0.05, 0.1) is 5.56 Å². The fraction of sp³-hybridized carbons (Fsp3) is 0.636. The number of aryl methyl sites for hydroxylation is 1. The number of H-pyrrole nitrogens is 1. The van der Waals surface area contributed by atoms with E-state index in [4.69, 9.17) is 10.5 Å². The van der Waals surface area contributed by atoms with Crippen LogP contribution < -0.4 is 11.3 Å². The lowest BCUT2D eigenvalue weighted by Gasteiger charge is -2.09. The van der Waals surface area contributed by atoms with Crippen molar-refractivity contribution >= 4 is 5.82 Å². The van der Waals surface area contributed by atoms with E-state index in [1.165, 1.54) is 0 Å². The second-order valence-electron chi connectivity index (χ2n) is 4.06. The SMILES string of the molecule is COCCCc1nc(N)c(C(C)C)c(=O)[nH]1. The zero-order valence-electron chi connectivity index (χ0n) is 10.0. The van der Waals surface area contributed by atoms with Crippen molar-refractivity contribution in [2.45, 2.75) is 32.6 Å². The number of nitrogens with zero attached hydrogens (tertiary/aromatic N) is 1. The summed E-state index contributed by atoms with van der Waals surface area (Å²) in [7, 11) is 1.65. The Kier molecular flexibility index (Phi) is 4.49. The van der Waals surface area contributed by atoms with Crippen molar-refractivity contribution in [1.29, 1.82) is 0 Å². The van der Waals surface area contributed by atoms with E-state index in [-0.39, 0.29) is 11.5 Å². The van der Waals surface area contributed by atoms with E-state index in [1.807, 2.05) is 13.8 Å². The lowest BCUT2D eigenvalue weighted by atomic mass is 10.1. The molecule has 5 nitrogen and oxygen atoms in total. The van der Waals surface area contributed by atoms with Gasteiger partial charge >= 0.3 is 0 Å². The Morgan fingerprint density at radius 2 is 2.19 bits per heavy atom. The van der Waals surface area contributed by atoms with Crippen LogP contribution in [0.5, 0.6) is 0 Å². The second kappa shape index (κ2) is 5.65. The number of hydrogen-bond acceptors (Lipinski definition) is 4. The highest BCUT2D eigenvalue weighted by Gasteiger charge is 2.11. The number of rotatable bonds is 5. The molecule has 1 aromatic rings. The molecule has 0 bridgehead atoms. The summed E-state index contributed by atoms with van der Waals surface area (Å²) in [4.78, 5) is 18.7. The molecule has 0 aliphatic carbocycles. The van der Waals surface area contributed by atoms with Crippen LogP contribution in [0.3, 0.4) is 0 Å². The first-order valence-electron chi connectivity index (χ1n) is 5.43. The van der Waals surface area contributed by atoms with Gasteiger partial charge in [0.25, 0.3) is 5.56 Å². The number of hydrogen-bond donors (Lipinski definition) is 2. The number of nitrogen functional groups attached to an aromatic ring is 1. The molecule has 0 saturated carbocycles. The van der Waals surface area contributed by atoms with Gasteiger partial charge < -0.3 is 15.5 Å². The summed E-state index contributed by atoms with van der Waals surface area (Å²) in [5.41, 5.74) is 6.20. The van der Waals surface area contributed by atoms with Gasteiger partial charge in [-0.3, -0.25) is 4.79 Å². The largest absolute Gasteiger partial charge is 0.385 e. The Morgan fingerprint density at radius 3 is 2.69 bits per heavy atom. The monoisotopic (exact) mass is 225 g/mol. The second-order valence-corrected chi connectivity index (χ2v) is 4.06. The average Bonchev–Trinajstić information content (AvgIpc) is 2.16. The van der Waals surface area contributed by atoms with E-state index in [0.29, 0.717) is 30.2 Å². The summed E-state index contributed by atoms with van der Waals surface area (Å²) in [5.74, 6) is 1.05. The van der Waals surface area contributed by atoms with Crippen LogP contribution in [0.1, 0.15) is 37.6 Å². The van der Waals surface area contributed by atoms with Crippen LogP contribution in [0.25, 0.3) is 0 Å². The van der Waals surface area contributed by atoms with Gasteiger partial charge in [-0.15, -0.1) is 0 Å². The van der Waals surface area contributed by atoms with Gasteiger partial charge in [-0.05, 0) is 12.3 Å². The fourth-order valence-corrected chi connectivity index (χ4v) is 1.61. The van der Waals surface area contributed by atoms with E-state index >= 15 is 0 Å². The number of aromatic amines is 1. The van der Waals surface area contributed by atoms with E-state index in [1.54, 1.807) is 7.11 Å². The third-order valence-electron chi connectivity index (χ3n) is 2.37. The van der Waals surface area contributed by atoms with Gasteiger partial charge in [-0.2, -0.15) is 0 Å². The van der Waals surface area contributed by atoms with Gasteiger partial charge in [0.2, 0.25) is 0 Å². The summed E-state index contributed by atoms with van der Waals surface area (Å²) in [6.45, 7) is 4.50. The normalized spacial score (nSPS) is 11.0. The highest BCUT2D eigenvalue weighted by molar-refractivity contribution is 5.39. The molecular formula is C11H19N3O2. The van der Waals surface area contributed by atoms with Crippen molar-refractivity contribution in [2.75, 3.05) is 19.5 Å². The highest BCUT2D eigenvalue weighted by Crippen LogP contribution is 2.14. The first-order chi connectivity index (χ1) is 7.56. The van der Waals surface area contributed by atoms with Crippen LogP contribution in [0, 0.1) is 0 Å². The molecule has 1 rings (SSSR count). The molecule has 0 saturated heterocycles. The summed E-state index contributed by atoms with van der Waals surface area (Å²) in [5, 5.41) is 0. The van der Waals surface area contributed by atoms with Gasteiger partial charge in [-0.25, -0.2) is 4.98 Å². The zero-order chi connectivity index (χ0) is 12.1. The van der Waals surface area contributed by atoms with Gasteiger partial charge in [0.15, 0.2) is 0 Å². The molecular weight excluding hydrogens is 206 g/mol. The van der Waals surface area contributed by atoms with Crippen molar-refractivity contribution in [3.63, 3.8) is 0 Å². The lowest BCUT2D eigenvalue weighted by molar-refractivity contribution is 0.194. The third kappa shape index (κ3) is 3.06. The van der Waals surface area contributed by atoms with Gasteiger partial charge in [0, 0.05) is 20.1 Å². The predicted octanol–water partition coefficient (Wildman–Crippen LogP) is 1.05. The number of nitrogens with one attached hydrogen (secondary N) is 1. The molecule has 1 heterocycles. The summed E-state index contributed by atoms with van der Waals surface area (Å²) >= 11 is 0. The van der Waals surface area contributed by atoms with Gasteiger partial charge in [0.1, 0.15) is 11.6 Å². The smallest absolute Gasteiger partial charge is 0.256 e. The number of anilines is 1. The Labute approximate surface area is 95.0 Å². The molecule has 0 aliphatic heterocycles. The number of nitrogens with two attached hydrogens (primary N) is 1. The molecule has 90 valence electrons. The minimum Gasteiger partial charge on any atom is -0.385 e. The molecule has 0 radical (unpaired) electrons. The Balaban J connectivity index is 2.88. The molecule has 0 aliphatic rings. The molecule has 0 fully saturated rings. The summed E-state index contributed by atoms with van der Waals surface area (Å²) in [6.07, 6.45) is 1.49. The molecule has 5 heteroatoms. The first kappa shape index (κ1) is 12.7. The van der Waals surface area contributed by atoms with Crippen LogP contribution in [0.4, 0.5) is 5.82 Å². The standard InChI is InChI=1S/C11H19N3O2/c1-7(2)9-10(12)13-8(14-11(9)15)5-4-6-16-3/h7H,4-6H2,1-3H3,(H3,12,13,14,15). The Bertz CT molecular complexity index is 399. The van der Waals surface area contributed by atoms with Crippen molar-refractivity contribution < 1.29 is 4.74 Å². The van der Waals surface area contributed by atoms with E-state index in [2.05, 4.69) is 9.97 Å². The molecule has 1 aromatic heterocycles. The van der Waals surface area contributed by atoms with Crippen LogP contribution in [0.2, 0.25) is 0 Å². The first-order valence-corrected chi connectivity index (χ1v) is 5.43. The molecule has 0 aromatic carbocycles. The van der Waals surface area contributed by atoms with Crippen LogP contribution >= 0.6 is 0 Å². The number of aromatic nitrogens is 2. The maximum atomic E-state index is 11.7. The minimum absolute atomic E-state index is 0.0873. The predicted molar refractivity (Wildman–Crippen MR) is 63.6 cm³/mol. The topological polar surface area (TPSA) is 81.0 Å². The molecule has 0 atom stereocenters. The van der Waals surface area contributed by atoms with Crippen LogP contribution in [-0.4, -0.2) is 23.7 Å². The van der Waals surface area contributed by atoms with Crippen LogP contribution in [-0.2, 0) is 11.2 Å². The van der Waals surface area contributed by atoms with E-state index in [0.717, 1.165) is 6.42 Å². The highest BCUT2D eigenvalue weighted by atomic mass is 16.5. The van der Waals surface area contributed by atoms with Crippen LogP contribution in [0.15, 0.2) is 4.79 Å². The van der Waals surface area contributed by atoms with Crippen molar-refractivity contribution in [2.24, 2.45) is 0 Å². The third-order valence-corrected chi connectivity index (χ3v) is 2.37. The van der Waals surface area contributed by atoms with Crippen molar-refractivity contribution in [3.8, 4) is 0 Å². The lowest BCUT2D eigenvalue weighted by Crippen LogP contribution is -2.21. The average molecular weight is 225 g/mol. The maximum Gasteiger partial charge on any atom is 0.256 e. The fourth-order valence-electron chi connectivity index (χ4n) is 1.61. The summed E-state index contributed by atoms with van der Waals surface area (Å²) < 4.78 is 4.93. The van der Waals surface area contributed by atoms with Gasteiger partial charge in [-0.1, -0.05) is 13.8 Å². The van der Waals surface area contributed by atoms with E-state index < -0.39 is 0 Å². The summed E-state index contributed by atoms with van der Waals surface area (Å²) in [6, 6.07) is 0. The van der Waals surface area contributed by atoms with E-state index in [9.17, 15) is 4.79 Å². The number of methoxy groups -OCH3 is 1. The molecule has 0 amide bonds. The molecule has 3 N–H and O–H groups in total. The Hall–Kier alpha value is -1.36.